The zero-order chi connectivity index (χ0) is 12.1. The molecule has 0 radical (unpaired) electrons. The molecule has 0 amide bonds. The molecule has 1 unspecified atom stereocenters. The Labute approximate surface area is 105 Å². The van der Waals surface area contributed by atoms with E-state index >= 15 is 0 Å². The predicted octanol–water partition coefficient (Wildman–Crippen LogP) is 2.26. The van der Waals surface area contributed by atoms with Crippen LogP contribution in [-0.2, 0) is 12.8 Å². The summed E-state index contributed by atoms with van der Waals surface area (Å²) >= 11 is 1.60. The van der Waals surface area contributed by atoms with E-state index in [1.165, 1.54) is 0 Å². The van der Waals surface area contributed by atoms with Gasteiger partial charge >= 0.3 is 0 Å². The van der Waals surface area contributed by atoms with E-state index in [4.69, 9.17) is 10.5 Å². The molecule has 2 aromatic rings. The molecule has 1 heterocycles. The summed E-state index contributed by atoms with van der Waals surface area (Å²) in [6.07, 6.45) is 1.61. The number of methoxy groups -OCH3 is 1. The lowest BCUT2D eigenvalue weighted by Gasteiger charge is -2.13. The molecule has 4 heteroatoms. The molecule has 0 bridgehead atoms. The molecular formula is C13H16N2OS. The largest absolute Gasteiger partial charge is 0.496 e. The number of nitrogens with two attached hydrogens (primary N) is 1. The van der Waals surface area contributed by atoms with Crippen molar-refractivity contribution in [2.45, 2.75) is 18.9 Å². The first kappa shape index (κ1) is 12.1. The Morgan fingerprint density at radius 3 is 2.88 bits per heavy atom. The third-order valence-electron chi connectivity index (χ3n) is 2.63. The van der Waals surface area contributed by atoms with E-state index in [1.807, 2.05) is 29.1 Å². The lowest BCUT2D eigenvalue weighted by molar-refractivity contribution is 0.407. The highest BCUT2D eigenvalue weighted by atomic mass is 32.1. The summed E-state index contributed by atoms with van der Waals surface area (Å²) in [6.45, 7) is 0. The van der Waals surface area contributed by atoms with E-state index in [-0.39, 0.29) is 6.04 Å². The molecule has 1 aromatic carbocycles. The molecule has 0 aliphatic rings. The molecule has 0 fully saturated rings. The van der Waals surface area contributed by atoms with Gasteiger partial charge in [-0.15, -0.1) is 11.3 Å². The Morgan fingerprint density at radius 2 is 2.18 bits per heavy atom. The number of aromatic nitrogens is 1. The quantitative estimate of drug-likeness (QED) is 0.883. The average molecular weight is 248 g/mol. The highest BCUT2D eigenvalue weighted by Crippen LogP contribution is 2.19. The summed E-state index contributed by atoms with van der Waals surface area (Å²) in [5, 5.41) is 2.04. The Bertz CT molecular complexity index is 456. The van der Waals surface area contributed by atoms with E-state index < -0.39 is 0 Å². The van der Waals surface area contributed by atoms with Gasteiger partial charge in [-0.05, 0) is 18.1 Å². The van der Waals surface area contributed by atoms with Gasteiger partial charge in [-0.3, -0.25) is 0 Å². The fourth-order valence-electron chi connectivity index (χ4n) is 1.83. The van der Waals surface area contributed by atoms with Crippen LogP contribution in [0.5, 0.6) is 5.75 Å². The number of benzene rings is 1. The second-order valence-electron chi connectivity index (χ2n) is 3.96. The zero-order valence-electron chi connectivity index (χ0n) is 9.80. The summed E-state index contributed by atoms with van der Waals surface area (Å²) in [7, 11) is 1.69. The minimum atomic E-state index is 0.0772. The molecule has 0 spiro atoms. The van der Waals surface area contributed by atoms with Crippen LogP contribution in [0.1, 0.15) is 11.3 Å². The number of nitrogens with zero attached hydrogens (tertiary/aromatic N) is 1. The van der Waals surface area contributed by atoms with Crippen LogP contribution in [0.4, 0.5) is 0 Å². The standard InChI is InChI=1S/C13H16N2OS/c1-16-13-5-3-2-4-10(13)6-11(14)7-12-8-17-9-15-12/h2-5,8-9,11H,6-7,14H2,1H3. The first-order valence-corrected chi connectivity index (χ1v) is 6.48. The Kier molecular flexibility index (Phi) is 4.12. The number of para-hydroxylation sites is 1. The van der Waals surface area contributed by atoms with Crippen molar-refractivity contribution in [3.8, 4) is 5.75 Å². The van der Waals surface area contributed by atoms with Crippen molar-refractivity contribution >= 4 is 11.3 Å². The molecule has 3 nitrogen and oxygen atoms in total. The lowest BCUT2D eigenvalue weighted by Crippen LogP contribution is -2.25. The highest BCUT2D eigenvalue weighted by Gasteiger charge is 2.09. The summed E-state index contributed by atoms with van der Waals surface area (Å²) in [6, 6.07) is 8.07. The van der Waals surface area contributed by atoms with Crippen LogP contribution >= 0.6 is 11.3 Å². The van der Waals surface area contributed by atoms with Crippen LogP contribution in [0, 0.1) is 0 Å². The number of rotatable bonds is 5. The first-order valence-electron chi connectivity index (χ1n) is 5.54. The Hall–Kier alpha value is -1.39. The van der Waals surface area contributed by atoms with Gasteiger partial charge in [-0.2, -0.15) is 0 Å². The maximum atomic E-state index is 6.13. The van der Waals surface area contributed by atoms with Crippen molar-refractivity contribution in [1.29, 1.82) is 0 Å². The third kappa shape index (κ3) is 3.28. The van der Waals surface area contributed by atoms with Gasteiger partial charge in [-0.25, -0.2) is 4.98 Å². The highest BCUT2D eigenvalue weighted by molar-refractivity contribution is 7.07. The number of hydrogen-bond donors (Lipinski definition) is 1. The van der Waals surface area contributed by atoms with Gasteiger partial charge in [0.25, 0.3) is 0 Å². The smallest absolute Gasteiger partial charge is 0.122 e. The van der Waals surface area contributed by atoms with Gasteiger partial charge in [0.1, 0.15) is 5.75 Å². The average Bonchev–Trinajstić information content (AvgIpc) is 2.82. The molecule has 0 saturated carbocycles. The van der Waals surface area contributed by atoms with Gasteiger partial charge in [0.2, 0.25) is 0 Å². The molecule has 1 atom stereocenters. The number of thiazole rings is 1. The van der Waals surface area contributed by atoms with Crippen LogP contribution in [-0.4, -0.2) is 18.1 Å². The topological polar surface area (TPSA) is 48.1 Å². The van der Waals surface area contributed by atoms with E-state index in [0.717, 1.165) is 29.8 Å². The zero-order valence-corrected chi connectivity index (χ0v) is 10.6. The molecule has 17 heavy (non-hydrogen) atoms. The Balaban J connectivity index is 2.00. The lowest BCUT2D eigenvalue weighted by atomic mass is 10.0. The monoisotopic (exact) mass is 248 g/mol. The summed E-state index contributed by atoms with van der Waals surface area (Å²) in [4.78, 5) is 4.25. The second-order valence-corrected chi connectivity index (χ2v) is 4.68. The maximum Gasteiger partial charge on any atom is 0.122 e. The van der Waals surface area contributed by atoms with Crippen molar-refractivity contribution in [2.24, 2.45) is 5.73 Å². The second kappa shape index (κ2) is 5.80. The molecular weight excluding hydrogens is 232 g/mol. The molecule has 2 rings (SSSR count). The van der Waals surface area contributed by atoms with E-state index in [0.29, 0.717) is 0 Å². The van der Waals surface area contributed by atoms with E-state index in [1.54, 1.807) is 18.4 Å². The fourth-order valence-corrected chi connectivity index (χ4v) is 2.40. The van der Waals surface area contributed by atoms with Crippen molar-refractivity contribution in [1.82, 2.24) is 4.98 Å². The van der Waals surface area contributed by atoms with Gasteiger partial charge in [-0.1, -0.05) is 18.2 Å². The van der Waals surface area contributed by atoms with Crippen molar-refractivity contribution < 1.29 is 4.74 Å². The van der Waals surface area contributed by atoms with Crippen LogP contribution in [0.25, 0.3) is 0 Å². The number of hydrogen-bond acceptors (Lipinski definition) is 4. The van der Waals surface area contributed by atoms with E-state index in [9.17, 15) is 0 Å². The molecule has 1 aromatic heterocycles. The molecule has 0 saturated heterocycles. The van der Waals surface area contributed by atoms with Gasteiger partial charge in [0.05, 0.1) is 18.3 Å². The number of ether oxygens (including phenoxy) is 1. The third-order valence-corrected chi connectivity index (χ3v) is 3.26. The first-order chi connectivity index (χ1) is 8.29. The molecule has 2 N–H and O–H groups in total. The normalized spacial score (nSPS) is 12.4. The minimum Gasteiger partial charge on any atom is -0.496 e. The SMILES string of the molecule is COc1ccccc1CC(N)Cc1cscn1. The van der Waals surface area contributed by atoms with Crippen LogP contribution < -0.4 is 10.5 Å². The summed E-state index contributed by atoms with van der Waals surface area (Å²) in [5.41, 5.74) is 10.2. The van der Waals surface area contributed by atoms with Crippen molar-refractivity contribution in [3.63, 3.8) is 0 Å². The van der Waals surface area contributed by atoms with Crippen LogP contribution in [0.2, 0.25) is 0 Å². The molecule has 90 valence electrons. The van der Waals surface area contributed by atoms with E-state index in [2.05, 4.69) is 11.1 Å². The van der Waals surface area contributed by atoms with Gasteiger partial charge < -0.3 is 10.5 Å². The molecule has 0 aliphatic carbocycles. The van der Waals surface area contributed by atoms with Crippen molar-refractivity contribution in [3.05, 3.63) is 46.4 Å². The van der Waals surface area contributed by atoms with Gasteiger partial charge in [0.15, 0.2) is 0 Å². The van der Waals surface area contributed by atoms with Crippen LogP contribution in [0.3, 0.4) is 0 Å². The Morgan fingerprint density at radius 1 is 1.35 bits per heavy atom. The fraction of sp³-hybridized carbons (Fsp3) is 0.308. The summed E-state index contributed by atoms with van der Waals surface area (Å²) in [5.74, 6) is 0.904. The van der Waals surface area contributed by atoms with Crippen LogP contribution in [0.15, 0.2) is 35.2 Å². The predicted molar refractivity (Wildman–Crippen MR) is 70.5 cm³/mol. The van der Waals surface area contributed by atoms with Crippen molar-refractivity contribution in [2.75, 3.05) is 7.11 Å². The maximum absolute atomic E-state index is 6.13. The summed E-state index contributed by atoms with van der Waals surface area (Å²) < 4.78 is 5.31. The molecule has 0 aliphatic heterocycles. The minimum absolute atomic E-state index is 0.0772. The van der Waals surface area contributed by atoms with Gasteiger partial charge in [0, 0.05) is 17.8 Å².